The fraction of sp³-hybridized carbons (Fsp3) is 0.263. The van der Waals surface area contributed by atoms with Gasteiger partial charge in [-0.15, -0.1) is 0 Å². The highest BCUT2D eigenvalue weighted by Crippen LogP contribution is 2.38. The SMILES string of the molecule is CC(=O)c1c(C)cc2c(c1C)C(=O)CC(c1ccccc1)O2. The minimum absolute atomic E-state index is 0.0178. The summed E-state index contributed by atoms with van der Waals surface area (Å²) in [4.78, 5) is 24.4. The van der Waals surface area contributed by atoms with E-state index < -0.39 is 0 Å². The van der Waals surface area contributed by atoms with E-state index >= 15 is 0 Å². The molecule has 22 heavy (non-hydrogen) atoms. The third kappa shape index (κ3) is 2.33. The van der Waals surface area contributed by atoms with E-state index in [0.717, 1.165) is 16.7 Å². The summed E-state index contributed by atoms with van der Waals surface area (Å²) in [5.41, 5.74) is 3.77. The molecule has 1 aliphatic rings. The predicted octanol–water partition coefficient (Wildman–Crippen LogP) is 4.21. The van der Waals surface area contributed by atoms with Crippen LogP contribution in [0, 0.1) is 13.8 Å². The number of rotatable bonds is 2. The van der Waals surface area contributed by atoms with Crippen LogP contribution >= 0.6 is 0 Å². The molecule has 0 saturated carbocycles. The number of fused-ring (bicyclic) bond motifs is 1. The summed E-state index contributed by atoms with van der Waals surface area (Å²) >= 11 is 0. The second-order valence-electron chi connectivity index (χ2n) is 5.77. The van der Waals surface area contributed by atoms with Crippen molar-refractivity contribution in [1.29, 1.82) is 0 Å². The molecule has 1 heterocycles. The smallest absolute Gasteiger partial charge is 0.170 e. The van der Waals surface area contributed by atoms with Crippen LogP contribution in [0.2, 0.25) is 0 Å². The highest BCUT2D eigenvalue weighted by Gasteiger charge is 2.31. The van der Waals surface area contributed by atoms with Crippen LogP contribution in [-0.2, 0) is 0 Å². The summed E-state index contributed by atoms with van der Waals surface area (Å²) in [6.45, 7) is 5.24. The Hall–Kier alpha value is -2.42. The van der Waals surface area contributed by atoms with E-state index in [9.17, 15) is 9.59 Å². The number of carbonyl (C=O) groups is 2. The lowest BCUT2D eigenvalue weighted by molar-refractivity contribution is 0.0849. The standard InChI is InChI=1S/C19H18O3/c1-11-9-17-19(12(2)18(11)13(3)20)15(21)10-16(22-17)14-7-5-4-6-8-14/h4-9,16H,10H2,1-3H3. The molecule has 2 aromatic carbocycles. The first-order valence-corrected chi connectivity index (χ1v) is 7.39. The molecule has 1 unspecified atom stereocenters. The summed E-state index contributed by atoms with van der Waals surface area (Å²) in [5.74, 6) is 0.607. The van der Waals surface area contributed by atoms with Gasteiger partial charge in [-0.2, -0.15) is 0 Å². The summed E-state index contributed by atoms with van der Waals surface area (Å²) in [7, 11) is 0. The van der Waals surface area contributed by atoms with Gasteiger partial charge in [-0.1, -0.05) is 30.3 Å². The molecule has 3 nitrogen and oxygen atoms in total. The molecule has 0 fully saturated rings. The van der Waals surface area contributed by atoms with Crippen molar-refractivity contribution in [3.63, 3.8) is 0 Å². The molecule has 1 aliphatic heterocycles. The van der Waals surface area contributed by atoms with Gasteiger partial charge in [0.2, 0.25) is 0 Å². The molecule has 3 heteroatoms. The molecule has 0 saturated heterocycles. The van der Waals surface area contributed by atoms with E-state index in [2.05, 4.69) is 0 Å². The lowest BCUT2D eigenvalue weighted by atomic mass is 9.88. The zero-order chi connectivity index (χ0) is 15.9. The number of hydrogen-bond acceptors (Lipinski definition) is 3. The highest BCUT2D eigenvalue weighted by molar-refractivity contribution is 6.06. The van der Waals surface area contributed by atoms with Crippen LogP contribution in [-0.4, -0.2) is 11.6 Å². The zero-order valence-electron chi connectivity index (χ0n) is 13.0. The van der Waals surface area contributed by atoms with Gasteiger partial charge in [0, 0.05) is 5.56 Å². The number of aryl methyl sites for hydroxylation is 1. The molecule has 2 aromatic rings. The van der Waals surface area contributed by atoms with Gasteiger partial charge in [0.05, 0.1) is 12.0 Å². The highest BCUT2D eigenvalue weighted by atomic mass is 16.5. The van der Waals surface area contributed by atoms with Crippen LogP contribution < -0.4 is 4.74 Å². The van der Waals surface area contributed by atoms with Crippen molar-refractivity contribution in [2.24, 2.45) is 0 Å². The molecule has 0 aromatic heterocycles. The lowest BCUT2D eigenvalue weighted by Gasteiger charge is -2.28. The number of ether oxygens (including phenoxy) is 1. The Kier molecular flexibility index (Phi) is 3.57. The van der Waals surface area contributed by atoms with Crippen LogP contribution in [0.1, 0.15) is 56.9 Å². The average Bonchev–Trinajstić information content (AvgIpc) is 2.46. The Morgan fingerprint density at radius 2 is 1.86 bits per heavy atom. The van der Waals surface area contributed by atoms with E-state index in [-0.39, 0.29) is 17.7 Å². The Bertz CT molecular complexity index is 760. The van der Waals surface area contributed by atoms with Gasteiger partial charge >= 0.3 is 0 Å². The summed E-state index contributed by atoms with van der Waals surface area (Å²) < 4.78 is 6.05. The quantitative estimate of drug-likeness (QED) is 0.779. The Morgan fingerprint density at radius 3 is 2.50 bits per heavy atom. The normalized spacial score (nSPS) is 16.9. The third-order valence-corrected chi connectivity index (χ3v) is 4.18. The van der Waals surface area contributed by atoms with E-state index in [1.54, 1.807) is 0 Å². The average molecular weight is 294 g/mol. The minimum Gasteiger partial charge on any atom is -0.484 e. The zero-order valence-corrected chi connectivity index (χ0v) is 13.0. The van der Waals surface area contributed by atoms with Crippen LogP contribution in [0.3, 0.4) is 0 Å². The molecule has 0 aliphatic carbocycles. The van der Waals surface area contributed by atoms with E-state index in [0.29, 0.717) is 23.3 Å². The van der Waals surface area contributed by atoms with Gasteiger partial charge < -0.3 is 4.74 Å². The van der Waals surface area contributed by atoms with Crippen LogP contribution in [0.25, 0.3) is 0 Å². The molecular weight excluding hydrogens is 276 g/mol. The number of hydrogen-bond donors (Lipinski definition) is 0. The molecular formula is C19H18O3. The fourth-order valence-electron chi connectivity index (χ4n) is 3.25. The number of ketones is 2. The summed E-state index contributed by atoms with van der Waals surface area (Å²) in [5, 5.41) is 0. The van der Waals surface area contributed by atoms with Gasteiger partial charge in [-0.25, -0.2) is 0 Å². The maximum absolute atomic E-state index is 12.6. The van der Waals surface area contributed by atoms with Crippen molar-refractivity contribution in [2.75, 3.05) is 0 Å². The van der Waals surface area contributed by atoms with Gasteiger partial charge in [0.15, 0.2) is 11.6 Å². The van der Waals surface area contributed by atoms with E-state index in [1.165, 1.54) is 6.92 Å². The predicted molar refractivity (Wildman–Crippen MR) is 84.7 cm³/mol. The van der Waals surface area contributed by atoms with E-state index in [4.69, 9.17) is 4.74 Å². The van der Waals surface area contributed by atoms with Gasteiger partial charge in [0.25, 0.3) is 0 Å². The molecule has 0 radical (unpaired) electrons. The first-order valence-electron chi connectivity index (χ1n) is 7.39. The van der Waals surface area contributed by atoms with Crippen LogP contribution in [0.4, 0.5) is 0 Å². The molecule has 0 bridgehead atoms. The van der Waals surface area contributed by atoms with Crippen molar-refractivity contribution in [1.82, 2.24) is 0 Å². The largest absolute Gasteiger partial charge is 0.484 e. The van der Waals surface area contributed by atoms with Crippen LogP contribution in [0.15, 0.2) is 36.4 Å². The first kappa shape index (κ1) is 14.5. The summed E-state index contributed by atoms with van der Waals surface area (Å²) in [6.07, 6.45) is 0.0429. The third-order valence-electron chi connectivity index (χ3n) is 4.18. The number of Topliss-reactive ketones (excluding diaryl/α,β-unsaturated/α-hetero) is 2. The number of carbonyl (C=O) groups excluding carboxylic acids is 2. The van der Waals surface area contributed by atoms with Crippen molar-refractivity contribution in [3.8, 4) is 5.75 Å². The van der Waals surface area contributed by atoms with Crippen molar-refractivity contribution < 1.29 is 14.3 Å². The maximum Gasteiger partial charge on any atom is 0.170 e. The van der Waals surface area contributed by atoms with Crippen LogP contribution in [0.5, 0.6) is 5.75 Å². The Morgan fingerprint density at radius 1 is 1.18 bits per heavy atom. The van der Waals surface area contributed by atoms with Gasteiger partial charge in [0.1, 0.15) is 11.9 Å². The summed E-state index contributed by atoms with van der Waals surface area (Å²) in [6, 6.07) is 11.6. The van der Waals surface area contributed by atoms with Gasteiger partial charge in [-0.05, 0) is 43.5 Å². The lowest BCUT2D eigenvalue weighted by Crippen LogP contribution is -2.22. The molecule has 1 atom stereocenters. The second-order valence-corrected chi connectivity index (χ2v) is 5.77. The topological polar surface area (TPSA) is 43.4 Å². The molecule has 112 valence electrons. The minimum atomic E-state index is -0.261. The monoisotopic (exact) mass is 294 g/mol. The van der Waals surface area contributed by atoms with E-state index in [1.807, 2.05) is 50.2 Å². The first-order chi connectivity index (χ1) is 10.5. The van der Waals surface area contributed by atoms with Gasteiger partial charge in [-0.3, -0.25) is 9.59 Å². The number of benzene rings is 2. The molecule has 3 rings (SSSR count). The molecule has 0 N–H and O–H groups in total. The molecule has 0 spiro atoms. The van der Waals surface area contributed by atoms with Crippen molar-refractivity contribution in [2.45, 2.75) is 33.3 Å². The van der Waals surface area contributed by atoms with Crippen molar-refractivity contribution >= 4 is 11.6 Å². The van der Waals surface area contributed by atoms with Crippen molar-refractivity contribution in [3.05, 3.63) is 64.2 Å². The maximum atomic E-state index is 12.6. The molecule has 0 amide bonds. The fourth-order valence-corrected chi connectivity index (χ4v) is 3.25. The Balaban J connectivity index is 2.09. The Labute approximate surface area is 129 Å². The second kappa shape index (κ2) is 5.41.